The molecule has 3 heterocycles. The number of fused-ring (bicyclic) bond motifs is 2. The normalized spacial score (nSPS) is 20.6. The zero-order chi connectivity index (χ0) is 24.1. The number of aromatic nitrogens is 2. The topological polar surface area (TPSA) is 66.7 Å². The van der Waals surface area contributed by atoms with Gasteiger partial charge in [0, 0.05) is 24.8 Å². The molecule has 7 heteroatoms. The Bertz CT molecular complexity index is 1460. The minimum Gasteiger partial charge on any atom is -0.349 e. The van der Waals surface area contributed by atoms with E-state index in [1.165, 1.54) is 12.1 Å². The number of piperidine rings is 1. The molecular formula is C28H25FN4O2. The minimum atomic E-state index is -0.335. The first-order chi connectivity index (χ1) is 17.0. The molecule has 35 heavy (non-hydrogen) atoms. The maximum Gasteiger partial charge on any atom is 0.269 e. The van der Waals surface area contributed by atoms with E-state index in [0.717, 1.165) is 17.5 Å². The van der Waals surface area contributed by atoms with Crippen LogP contribution in [0.1, 0.15) is 32.8 Å². The summed E-state index contributed by atoms with van der Waals surface area (Å²) in [5.41, 5.74) is 4.14. The summed E-state index contributed by atoms with van der Waals surface area (Å²) in [7, 11) is 0. The molecule has 176 valence electrons. The molecule has 1 saturated carbocycles. The minimum absolute atomic E-state index is 0.0719. The van der Waals surface area contributed by atoms with E-state index < -0.39 is 0 Å². The van der Waals surface area contributed by atoms with E-state index in [1.807, 2.05) is 60.5 Å². The molecule has 3 atom stereocenters. The zero-order valence-electron chi connectivity index (χ0n) is 19.3. The molecule has 1 N–H and O–H groups in total. The quantitative estimate of drug-likeness (QED) is 0.474. The average Bonchev–Trinajstić information content (AvgIpc) is 3.34. The number of hydrogen-bond donors (Lipinski definition) is 1. The molecule has 2 amide bonds. The Morgan fingerprint density at radius 1 is 1.11 bits per heavy atom. The van der Waals surface area contributed by atoms with Crippen molar-refractivity contribution >= 4 is 17.5 Å². The molecule has 2 aromatic heterocycles. The van der Waals surface area contributed by atoms with Crippen LogP contribution in [0.15, 0.2) is 73.1 Å². The maximum atomic E-state index is 14.0. The van der Waals surface area contributed by atoms with Crippen molar-refractivity contribution in [1.82, 2.24) is 19.6 Å². The third-order valence-electron chi connectivity index (χ3n) is 7.23. The maximum absolute atomic E-state index is 14.0. The van der Waals surface area contributed by atoms with Crippen molar-refractivity contribution in [2.45, 2.75) is 19.4 Å². The SMILES string of the molecule is Cc1ccc(C(=O)N2C[C@H]3C[C@H]3[C@H]2CNC(=O)c2cnc3ccccn23)c(-c2cccc(F)c2)c1. The summed E-state index contributed by atoms with van der Waals surface area (Å²) in [6.07, 6.45) is 4.45. The zero-order valence-corrected chi connectivity index (χ0v) is 19.3. The van der Waals surface area contributed by atoms with Gasteiger partial charge in [0.05, 0.1) is 12.2 Å². The standard InChI is InChI=1S/C28H25FN4O2/c1-17-8-9-21(22(11-17)18-5-4-6-20(29)12-18)28(35)33-16-19-13-23(19)24(33)14-31-27(34)25-15-30-26-7-2-3-10-32(25)26/h2-12,15,19,23-24H,13-14,16H2,1H3,(H,31,34)/t19-,23-,24-/m1/s1. The number of hydrogen-bond acceptors (Lipinski definition) is 3. The van der Waals surface area contributed by atoms with Crippen molar-refractivity contribution < 1.29 is 14.0 Å². The highest BCUT2D eigenvalue weighted by Crippen LogP contribution is 2.50. The summed E-state index contributed by atoms with van der Waals surface area (Å²) >= 11 is 0. The molecular weight excluding hydrogens is 443 g/mol. The third-order valence-corrected chi connectivity index (χ3v) is 7.23. The number of carbonyl (C=O) groups excluding carboxylic acids is 2. The van der Waals surface area contributed by atoms with Crippen LogP contribution in [0.2, 0.25) is 0 Å². The number of aryl methyl sites for hydroxylation is 1. The lowest BCUT2D eigenvalue weighted by Gasteiger charge is -2.29. The van der Waals surface area contributed by atoms with Crippen LogP contribution in [0.4, 0.5) is 4.39 Å². The summed E-state index contributed by atoms with van der Waals surface area (Å²) in [6, 6.07) is 17.5. The van der Waals surface area contributed by atoms with E-state index in [1.54, 1.807) is 16.7 Å². The molecule has 1 saturated heterocycles. The molecule has 2 fully saturated rings. The molecule has 0 radical (unpaired) electrons. The molecule has 4 aromatic rings. The molecule has 0 unspecified atom stereocenters. The Labute approximate surface area is 202 Å². The Hall–Kier alpha value is -4.00. The molecule has 2 aromatic carbocycles. The van der Waals surface area contributed by atoms with Gasteiger partial charge in [-0.15, -0.1) is 0 Å². The number of carbonyl (C=O) groups is 2. The van der Waals surface area contributed by atoms with Crippen LogP contribution in [0.25, 0.3) is 16.8 Å². The summed E-state index contributed by atoms with van der Waals surface area (Å²) in [4.78, 5) is 32.9. The van der Waals surface area contributed by atoms with Gasteiger partial charge < -0.3 is 10.2 Å². The van der Waals surface area contributed by atoms with Gasteiger partial charge in [-0.2, -0.15) is 0 Å². The molecule has 1 aliphatic heterocycles. The van der Waals surface area contributed by atoms with Crippen LogP contribution in [0.5, 0.6) is 0 Å². The van der Waals surface area contributed by atoms with Gasteiger partial charge in [-0.25, -0.2) is 9.37 Å². The van der Waals surface area contributed by atoms with Gasteiger partial charge in [-0.05, 0) is 66.6 Å². The second kappa shape index (κ2) is 8.34. The first-order valence-electron chi connectivity index (χ1n) is 11.9. The van der Waals surface area contributed by atoms with Gasteiger partial charge in [0.1, 0.15) is 17.2 Å². The van der Waals surface area contributed by atoms with Crippen LogP contribution < -0.4 is 5.32 Å². The van der Waals surface area contributed by atoms with Crippen LogP contribution in [-0.4, -0.2) is 45.2 Å². The van der Waals surface area contributed by atoms with Gasteiger partial charge >= 0.3 is 0 Å². The number of nitrogens with zero attached hydrogens (tertiary/aromatic N) is 3. The number of nitrogens with one attached hydrogen (secondary N) is 1. The van der Waals surface area contributed by atoms with Crippen molar-refractivity contribution in [3.8, 4) is 11.1 Å². The van der Waals surface area contributed by atoms with E-state index in [9.17, 15) is 14.0 Å². The number of imidazole rings is 1. The summed E-state index contributed by atoms with van der Waals surface area (Å²) in [6.45, 7) is 3.02. The van der Waals surface area contributed by atoms with Gasteiger partial charge in [0.15, 0.2) is 0 Å². The monoisotopic (exact) mass is 468 g/mol. The van der Waals surface area contributed by atoms with E-state index in [4.69, 9.17) is 0 Å². The van der Waals surface area contributed by atoms with E-state index in [-0.39, 0.29) is 23.7 Å². The smallest absolute Gasteiger partial charge is 0.269 e. The number of likely N-dealkylation sites (tertiary alicyclic amines) is 1. The van der Waals surface area contributed by atoms with Crippen molar-refractivity contribution in [3.05, 3.63) is 95.7 Å². The van der Waals surface area contributed by atoms with Gasteiger partial charge in [0.2, 0.25) is 0 Å². The first-order valence-corrected chi connectivity index (χ1v) is 11.9. The largest absolute Gasteiger partial charge is 0.349 e. The lowest BCUT2D eigenvalue weighted by Crippen LogP contribution is -2.45. The molecule has 2 aliphatic rings. The van der Waals surface area contributed by atoms with Crippen molar-refractivity contribution in [2.24, 2.45) is 11.8 Å². The van der Waals surface area contributed by atoms with Crippen LogP contribution in [-0.2, 0) is 0 Å². The van der Waals surface area contributed by atoms with Crippen LogP contribution in [0, 0.1) is 24.6 Å². The molecule has 6 nitrogen and oxygen atoms in total. The lowest BCUT2D eigenvalue weighted by molar-refractivity contribution is 0.0695. The fourth-order valence-corrected chi connectivity index (χ4v) is 5.35. The number of halogens is 1. The Morgan fingerprint density at radius 3 is 2.86 bits per heavy atom. The summed E-state index contributed by atoms with van der Waals surface area (Å²) in [5, 5.41) is 3.03. The van der Waals surface area contributed by atoms with Crippen LogP contribution in [0.3, 0.4) is 0 Å². The molecule has 0 bridgehead atoms. The summed E-state index contributed by atoms with van der Waals surface area (Å²) < 4.78 is 15.7. The highest BCUT2D eigenvalue weighted by molar-refractivity contribution is 6.01. The Morgan fingerprint density at radius 2 is 2.00 bits per heavy atom. The fraction of sp³-hybridized carbons (Fsp3) is 0.250. The molecule has 1 aliphatic carbocycles. The average molecular weight is 469 g/mol. The second-order valence-electron chi connectivity index (χ2n) is 9.53. The second-order valence-corrected chi connectivity index (χ2v) is 9.53. The van der Waals surface area contributed by atoms with Gasteiger partial charge in [-0.1, -0.05) is 35.9 Å². The Balaban J connectivity index is 1.24. The third kappa shape index (κ3) is 3.87. The molecule has 6 rings (SSSR count). The predicted octanol–water partition coefficient (Wildman–Crippen LogP) is 4.34. The number of benzene rings is 2. The van der Waals surface area contributed by atoms with Crippen LogP contribution >= 0.6 is 0 Å². The number of pyridine rings is 1. The number of rotatable bonds is 5. The van der Waals surface area contributed by atoms with Gasteiger partial charge in [-0.3, -0.25) is 14.0 Å². The van der Waals surface area contributed by atoms with Crippen molar-refractivity contribution in [1.29, 1.82) is 0 Å². The first kappa shape index (κ1) is 21.5. The van der Waals surface area contributed by atoms with E-state index in [0.29, 0.717) is 47.4 Å². The van der Waals surface area contributed by atoms with Crippen molar-refractivity contribution in [3.63, 3.8) is 0 Å². The highest BCUT2D eigenvalue weighted by atomic mass is 19.1. The molecule has 0 spiro atoms. The predicted molar refractivity (Wildman–Crippen MR) is 131 cm³/mol. The fourth-order valence-electron chi connectivity index (χ4n) is 5.35. The van der Waals surface area contributed by atoms with Crippen molar-refractivity contribution in [2.75, 3.05) is 13.1 Å². The van der Waals surface area contributed by atoms with Gasteiger partial charge in [0.25, 0.3) is 11.8 Å². The highest BCUT2D eigenvalue weighted by Gasteiger charge is 2.54. The number of amides is 2. The lowest BCUT2D eigenvalue weighted by atomic mass is 9.96. The summed E-state index contributed by atoms with van der Waals surface area (Å²) in [5.74, 6) is 0.239. The van der Waals surface area contributed by atoms with E-state index >= 15 is 0 Å². The van der Waals surface area contributed by atoms with E-state index in [2.05, 4.69) is 10.3 Å². The Kier molecular flexibility index (Phi) is 5.13.